The van der Waals surface area contributed by atoms with Crippen LogP contribution in [0.25, 0.3) is 0 Å². The highest BCUT2D eigenvalue weighted by atomic mass is 35.5. The molecule has 33 heavy (non-hydrogen) atoms. The highest BCUT2D eigenvalue weighted by Gasteiger charge is 2.26. The number of ether oxygens (including phenoxy) is 1. The molecule has 0 bridgehead atoms. The summed E-state index contributed by atoms with van der Waals surface area (Å²) in [6.07, 6.45) is 0. The second-order valence-corrected chi connectivity index (χ2v) is 7.80. The molecule has 0 saturated carbocycles. The Morgan fingerprint density at radius 3 is 1.91 bits per heavy atom. The number of nitrogens with zero attached hydrogens (tertiary/aromatic N) is 3. The molecule has 0 unspecified atom stereocenters. The van der Waals surface area contributed by atoms with Crippen molar-refractivity contribution in [3.63, 3.8) is 0 Å². The van der Waals surface area contributed by atoms with Gasteiger partial charge in [-0.2, -0.15) is 0 Å². The number of nitro benzene ring substituents is 1. The Morgan fingerprint density at radius 2 is 1.42 bits per heavy atom. The molecule has 4 rings (SSSR count). The van der Waals surface area contributed by atoms with E-state index in [1.807, 2.05) is 6.07 Å². The van der Waals surface area contributed by atoms with Gasteiger partial charge in [0.1, 0.15) is 0 Å². The molecule has 3 aromatic carbocycles. The number of benzene rings is 3. The molecule has 1 saturated heterocycles. The van der Waals surface area contributed by atoms with E-state index < -0.39 is 0 Å². The van der Waals surface area contributed by atoms with E-state index in [-0.39, 0.29) is 41.5 Å². The molecule has 6 nitrogen and oxygen atoms in total. The summed E-state index contributed by atoms with van der Waals surface area (Å²) in [6.45, 7) is 4.39. The van der Waals surface area contributed by atoms with E-state index >= 15 is 0 Å². The van der Waals surface area contributed by atoms with Gasteiger partial charge in [-0.1, -0.05) is 66.7 Å². The number of piperazine rings is 1. The van der Waals surface area contributed by atoms with E-state index in [9.17, 15) is 10.1 Å². The molecule has 1 fully saturated rings. The average molecular weight is 490 g/mol. The zero-order chi connectivity index (χ0) is 21.6. The van der Waals surface area contributed by atoms with Gasteiger partial charge in [-0.25, -0.2) is 0 Å². The monoisotopic (exact) mass is 489 g/mol. The summed E-state index contributed by atoms with van der Waals surface area (Å²) in [5.41, 5.74) is 3.55. The van der Waals surface area contributed by atoms with E-state index in [1.54, 1.807) is 12.1 Å². The highest BCUT2D eigenvalue weighted by Crippen LogP contribution is 2.31. The van der Waals surface area contributed by atoms with Crippen LogP contribution in [0.4, 0.5) is 5.69 Å². The molecule has 1 heterocycles. The van der Waals surface area contributed by atoms with Crippen LogP contribution in [-0.2, 0) is 6.54 Å². The fourth-order valence-corrected chi connectivity index (χ4v) is 4.30. The third-order valence-electron chi connectivity index (χ3n) is 5.85. The molecule has 176 valence electrons. The van der Waals surface area contributed by atoms with E-state index in [0.717, 1.165) is 31.7 Å². The van der Waals surface area contributed by atoms with Crippen molar-refractivity contribution < 1.29 is 9.66 Å². The largest absolute Gasteiger partial charge is 0.490 e. The zero-order valence-electron chi connectivity index (χ0n) is 18.5. The maximum atomic E-state index is 11.3. The lowest BCUT2D eigenvalue weighted by Crippen LogP contribution is -2.47. The Hall–Kier alpha value is -2.64. The molecular weight excluding hydrogens is 461 g/mol. The van der Waals surface area contributed by atoms with Crippen molar-refractivity contribution in [1.82, 2.24) is 9.80 Å². The van der Waals surface area contributed by atoms with Gasteiger partial charge < -0.3 is 4.74 Å². The number of halogens is 2. The van der Waals surface area contributed by atoms with Crippen LogP contribution in [0.5, 0.6) is 5.75 Å². The van der Waals surface area contributed by atoms with Crippen LogP contribution in [0.1, 0.15) is 22.7 Å². The van der Waals surface area contributed by atoms with Gasteiger partial charge in [0.25, 0.3) is 0 Å². The lowest BCUT2D eigenvalue weighted by Gasteiger charge is -2.39. The Labute approximate surface area is 207 Å². The molecule has 8 heteroatoms. The molecule has 0 spiro atoms. The first kappa shape index (κ1) is 26.6. The Balaban J connectivity index is 0.00000193. The number of methoxy groups -OCH3 is 1. The standard InChI is InChI=1S/C25H27N3O3.2ClH/c1-31-24-13-12-20(18-23(24)28(29)30)19-26-14-16-27(17-15-26)25(21-8-4-2-5-9-21)22-10-6-3-7-11-22;;/h2-13,18,25H,14-17,19H2,1H3;2*1H. The van der Waals surface area contributed by atoms with Gasteiger partial charge in [0.05, 0.1) is 18.1 Å². The predicted molar refractivity (Wildman–Crippen MR) is 136 cm³/mol. The number of nitro groups is 1. The van der Waals surface area contributed by atoms with Crippen molar-refractivity contribution in [3.8, 4) is 5.75 Å². The number of hydrogen-bond acceptors (Lipinski definition) is 5. The van der Waals surface area contributed by atoms with Crippen molar-refractivity contribution in [3.05, 3.63) is 106 Å². The van der Waals surface area contributed by atoms with E-state index in [0.29, 0.717) is 12.3 Å². The topological polar surface area (TPSA) is 58.8 Å². The number of hydrogen-bond donors (Lipinski definition) is 0. The highest BCUT2D eigenvalue weighted by molar-refractivity contribution is 5.85. The molecule has 0 amide bonds. The first-order valence-electron chi connectivity index (χ1n) is 10.5. The van der Waals surface area contributed by atoms with Crippen molar-refractivity contribution in [1.29, 1.82) is 0 Å². The summed E-state index contributed by atoms with van der Waals surface area (Å²) in [6, 6.07) is 26.7. The smallest absolute Gasteiger partial charge is 0.311 e. The van der Waals surface area contributed by atoms with E-state index in [2.05, 4.69) is 70.5 Å². The van der Waals surface area contributed by atoms with Crippen LogP contribution in [0.3, 0.4) is 0 Å². The average Bonchev–Trinajstić information content (AvgIpc) is 2.82. The summed E-state index contributed by atoms with van der Waals surface area (Å²) in [7, 11) is 1.46. The minimum absolute atomic E-state index is 0. The molecule has 0 radical (unpaired) electrons. The van der Waals surface area contributed by atoms with Crippen molar-refractivity contribution in [2.45, 2.75) is 12.6 Å². The van der Waals surface area contributed by atoms with Gasteiger partial charge in [0.15, 0.2) is 5.75 Å². The SMILES string of the molecule is COc1ccc(CN2CCN(C(c3ccccc3)c3ccccc3)CC2)cc1[N+](=O)[O-].Cl.Cl. The lowest BCUT2D eigenvalue weighted by atomic mass is 9.96. The van der Waals surface area contributed by atoms with Gasteiger partial charge in [-0.3, -0.25) is 19.9 Å². The summed E-state index contributed by atoms with van der Waals surface area (Å²) < 4.78 is 5.11. The van der Waals surface area contributed by atoms with Crippen LogP contribution >= 0.6 is 24.8 Å². The second kappa shape index (κ2) is 12.6. The van der Waals surface area contributed by atoms with Crippen LogP contribution in [0, 0.1) is 10.1 Å². The summed E-state index contributed by atoms with van der Waals surface area (Å²) in [5.74, 6) is 0.298. The Morgan fingerprint density at radius 1 is 0.879 bits per heavy atom. The Kier molecular flexibility index (Phi) is 10.1. The first-order valence-corrected chi connectivity index (χ1v) is 10.5. The van der Waals surface area contributed by atoms with E-state index in [4.69, 9.17) is 4.74 Å². The molecule has 0 atom stereocenters. The predicted octanol–water partition coefficient (Wildman–Crippen LogP) is 5.35. The lowest BCUT2D eigenvalue weighted by molar-refractivity contribution is -0.385. The maximum absolute atomic E-state index is 11.3. The minimum Gasteiger partial charge on any atom is -0.490 e. The Bertz CT molecular complexity index is 974. The maximum Gasteiger partial charge on any atom is 0.311 e. The van der Waals surface area contributed by atoms with Gasteiger partial charge in [-0.05, 0) is 22.8 Å². The molecule has 0 aliphatic carbocycles. The molecule has 1 aliphatic rings. The van der Waals surface area contributed by atoms with Crippen LogP contribution < -0.4 is 4.74 Å². The summed E-state index contributed by atoms with van der Waals surface area (Å²) >= 11 is 0. The van der Waals surface area contributed by atoms with Gasteiger partial charge in [0, 0.05) is 38.8 Å². The first-order chi connectivity index (χ1) is 15.2. The summed E-state index contributed by atoms with van der Waals surface area (Å²) in [5, 5.41) is 11.3. The third kappa shape index (κ3) is 6.45. The van der Waals surface area contributed by atoms with E-state index in [1.165, 1.54) is 18.2 Å². The second-order valence-electron chi connectivity index (χ2n) is 7.80. The van der Waals surface area contributed by atoms with Crippen LogP contribution in [-0.4, -0.2) is 48.0 Å². The molecule has 3 aromatic rings. The third-order valence-corrected chi connectivity index (χ3v) is 5.85. The van der Waals surface area contributed by atoms with Crippen LogP contribution in [0.15, 0.2) is 78.9 Å². The zero-order valence-corrected chi connectivity index (χ0v) is 20.1. The van der Waals surface area contributed by atoms with Crippen molar-refractivity contribution >= 4 is 30.5 Å². The molecule has 0 N–H and O–H groups in total. The van der Waals surface area contributed by atoms with Gasteiger partial charge in [0.2, 0.25) is 0 Å². The van der Waals surface area contributed by atoms with Crippen molar-refractivity contribution in [2.24, 2.45) is 0 Å². The van der Waals surface area contributed by atoms with Crippen LogP contribution in [0.2, 0.25) is 0 Å². The molecular formula is C25H29Cl2N3O3. The van der Waals surface area contributed by atoms with Gasteiger partial charge >= 0.3 is 5.69 Å². The fourth-order valence-electron chi connectivity index (χ4n) is 4.30. The van der Waals surface area contributed by atoms with Crippen molar-refractivity contribution in [2.75, 3.05) is 33.3 Å². The molecule has 0 aromatic heterocycles. The summed E-state index contributed by atoms with van der Waals surface area (Å²) in [4.78, 5) is 15.8. The van der Waals surface area contributed by atoms with Gasteiger partial charge in [-0.15, -0.1) is 24.8 Å². The number of rotatable bonds is 7. The minimum atomic E-state index is -0.384. The normalized spacial score (nSPS) is 14.2. The molecule has 1 aliphatic heterocycles. The quantitative estimate of drug-likeness (QED) is 0.330. The fraction of sp³-hybridized carbons (Fsp3) is 0.280.